The molecule has 3 heterocycles. The lowest BCUT2D eigenvalue weighted by molar-refractivity contribution is 0.313. The van der Waals surface area contributed by atoms with Gasteiger partial charge in [0.15, 0.2) is 0 Å². The monoisotopic (exact) mass is 325 g/mol. The van der Waals surface area contributed by atoms with Gasteiger partial charge in [-0.05, 0) is 43.7 Å². The summed E-state index contributed by atoms with van der Waals surface area (Å²) in [5, 5.41) is 20.8. The highest BCUT2D eigenvalue weighted by Crippen LogP contribution is 2.30. The molecule has 0 unspecified atom stereocenters. The Kier molecular flexibility index (Phi) is 3.92. The van der Waals surface area contributed by atoms with Crippen LogP contribution in [-0.2, 0) is 0 Å². The first-order chi connectivity index (χ1) is 11.7. The van der Waals surface area contributed by atoms with Gasteiger partial charge in [-0.25, -0.2) is 0 Å². The van der Waals surface area contributed by atoms with E-state index in [0.717, 1.165) is 42.7 Å². The summed E-state index contributed by atoms with van der Waals surface area (Å²) in [7, 11) is 0. The fourth-order valence-electron chi connectivity index (χ4n) is 3.44. The Balaban J connectivity index is 1.50. The van der Waals surface area contributed by atoms with E-state index >= 15 is 0 Å². The van der Waals surface area contributed by atoms with E-state index in [4.69, 9.17) is 0 Å². The van der Waals surface area contributed by atoms with Crippen molar-refractivity contribution in [3.8, 4) is 0 Å². The molecule has 3 aromatic heterocycles. The molecular weight excluding hydrogens is 302 g/mol. The summed E-state index contributed by atoms with van der Waals surface area (Å²) >= 11 is 0. The summed E-state index contributed by atoms with van der Waals surface area (Å²) in [5.41, 5.74) is 2.89. The molecule has 0 spiro atoms. The van der Waals surface area contributed by atoms with Crippen LogP contribution in [0.2, 0.25) is 0 Å². The molecule has 1 aliphatic rings. The van der Waals surface area contributed by atoms with Crippen molar-refractivity contribution in [1.82, 2.24) is 29.6 Å². The number of hydrogen-bond acceptors (Lipinski definition) is 5. The van der Waals surface area contributed by atoms with Gasteiger partial charge in [0.1, 0.15) is 6.33 Å². The quantitative estimate of drug-likeness (QED) is 0.798. The summed E-state index contributed by atoms with van der Waals surface area (Å²) < 4.78 is 3.86. The Bertz CT molecular complexity index is 798. The minimum Gasteiger partial charge on any atom is -0.379 e. The van der Waals surface area contributed by atoms with Crippen LogP contribution in [-0.4, -0.2) is 35.6 Å². The average molecular weight is 325 g/mol. The lowest BCUT2D eigenvalue weighted by atomic mass is 9.91. The van der Waals surface area contributed by atoms with Crippen molar-refractivity contribution in [3.05, 3.63) is 36.5 Å². The Morgan fingerprint density at radius 1 is 1.21 bits per heavy atom. The smallest absolute Gasteiger partial charge is 0.200 e. The maximum absolute atomic E-state index is 4.57. The Morgan fingerprint density at radius 3 is 2.75 bits per heavy atom. The molecule has 0 aromatic carbocycles. The number of anilines is 1. The molecule has 0 atom stereocenters. The third-order valence-corrected chi connectivity index (χ3v) is 4.83. The maximum Gasteiger partial charge on any atom is 0.200 e. The van der Waals surface area contributed by atoms with E-state index in [1.807, 2.05) is 12.3 Å². The first-order valence-corrected chi connectivity index (χ1v) is 8.67. The molecule has 1 fully saturated rings. The van der Waals surface area contributed by atoms with Crippen LogP contribution >= 0.6 is 0 Å². The summed E-state index contributed by atoms with van der Waals surface area (Å²) in [6, 6.07) is 5.10. The van der Waals surface area contributed by atoms with Crippen molar-refractivity contribution in [1.29, 1.82) is 0 Å². The van der Waals surface area contributed by atoms with Crippen LogP contribution in [0.1, 0.15) is 57.2 Å². The highest BCUT2D eigenvalue weighted by Gasteiger charge is 2.23. The van der Waals surface area contributed by atoms with Gasteiger partial charge in [0.05, 0.1) is 17.4 Å². The molecule has 1 aliphatic carbocycles. The number of rotatable bonds is 4. The molecule has 7 heteroatoms. The standard InChI is InChI=1S/C17H23N7/c1-12(2)15-10-16(17-21-18-11-24(17)22-15)20-13-4-6-14(7-5-13)23-9-3-8-19-23/h3,8-14,20H,4-7H2,1-2H3. The second-order valence-corrected chi connectivity index (χ2v) is 6.87. The lowest BCUT2D eigenvalue weighted by Gasteiger charge is -2.30. The van der Waals surface area contributed by atoms with E-state index in [0.29, 0.717) is 18.0 Å². The molecule has 24 heavy (non-hydrogen) atoms. The molecule has 1 N–H and O–H groups in total. The van der Waals surface area contributed by atoms with Crippen LogP contribution < -0.4 is 5.32 Å². The van der Waals surface area contributed by atoms with Crippen LogP contribution in [0.25, 0.3) is 5.65 Å². The van der Waals surface area contributed by atoms with Crippen LogP contribution in [0.15, 0.2) is 30.9 Å². The Morgan fingerprint density at radius 2 is 2.04 bits per heavy atom. The minimum absolute atomic E-state index is 0.368. The van der Waals surface area contributed by atoms with Crippen LogP contribution in [0.5, 0.6) is 0 Å². The third kappa shape index (κ3) is 2.86. The summed E-state index contributed by atoms with van der Waals surface area (Å²) in [6.07, 6.45) is 10.1. The van der Waals surface area contributed by atoms with Crippen molar-refractivity contribution >= 4 is 11.3 Å². The van der Waals surface area contributed by atoms with Gasteiger partial charge in [-0.1, -0.05) is 13.8 Å². The molecule has 4 rings (SSSR count). The van der Waals surface area contributed by atoms with E-state index in [9.17, 15) is 0 Å². The second kappa shape index (κ2) is 6.22. The third-order valence-electron chi connectivity index (χ3n) is 4.83. The van der Waals surface area contributed by atoms with Crippen molar-refractivity contribution < 1.29 is 0 Å². The fourth-order valence-corrected chi connectivity index (χ4v) is 3.44. The molecular formula is C17H23N7. The van der Waals surface area contributed by atoms with Crippen LogP contribution in [0, 0.1) is 0 Å². The molecule has 126 valence electrons. The zero-order valence-electron chi connectivity index (χ0n) is 14.1. The van der Waals surface area contributed by atoms with Crippen molar-refractivity contribution in [2.45, 2.75) is 57.5 Å². The van der Waals surface area contributed by atoms with E-state index in [1.165, 1.54) is 0 Å². The predicted molar refractivity (Wildman–Crippen MR) is 92.0 cm³/mol. The SMILES string of the molecule is CC(C)c1cc(NC2CCC(n3cccn3)CC2)c2nncn2n1. The zero-order chi connectivity index (χ0) is 16.5. The number of aromatic nitrogens is 6. The topological polar surface area (TPSA) is 72.9 Å². The van der Waals surface area contributed by atoms with Crippen LogP contribution in [0.3, 0.4) is 0 Å². The largest absolute Gasteiger partial charge is 0.379 e. The maximum atomic E-state index is 4.57. The second-order valence-electron chi connectivity index (χ2n) is 6.87. The van der Waals surface area contributed by atoms with E-state index in [1.54, 1.807) is 10.8 Å². The average Bonchev–Trinajstić information content (AvgIpc) is 3.27. The van der Waals surface area contributed by atoms with Gasteiger partial charge in [-0.3, -0.25) is 4.68 Å². The van der Waals surface area contributed by atoms with Crippen molar-refractivity contribution in [3.63, 3.8) is 0 Å². The zero-order valence-corrected chi connectivity index (χ0v) is 14.1. The highest BCUT2D eigenvalue weighted by atomic mass is 15.3. The van der Waals surface area contributed by atoms with Crippen LogP contribution in [0.4, 0.5) is 5.69 Å². The molecule has 7 nitrogen and oxygen atoms in total. The fraction of sp³-hybridized carbons (Fsp3) is 0.529. The van der Waals surface area contributed by atoms with Gasteiger partial charge in [-0.2, -0.15) is 14.7 Å². The molecule has 0 bridgehead atoms. The van der Waals surface area contributed by atoms with E-state index in [-0.39, 0.29) is 0 Å². The first kappa shape index (κ1) is 15.1. The van der Waals surface area contributed by atoms with Gasteiger partial charge in [-0.15, -0.1) is 10.2 Å². The molecule has 0 amide bonds. The highest BCUT2D eigenvalue weighted by molar-refractivity contribution is 5.67. The van der Waals surface area contributed by atoms with E-state index in [2.05, 4.69) is 56.5 Å². The first-order valence-electron chi connectivity index (χ1n) is 8.67. The molecule has 0 aliphatic heterocycles. The normalized spacial score (nSPS) is 21.5. The number of nitrogens with one attached hydrogen (secondary N) is 1. The molecule has 0 saturated heterocycles. The number of fused-ring (bicyclic) bond motifs is 1. The minimum atomic E-state index is 0.368. The summed E-state index contributed by atoms with van der Waals surface area (Å²) in [6.45, 7) is 4.30. The van der Waals surface area contributed by atoms with Crippen molar-refractivity contribution in [2.75, 3.05) is 5.32 Å². The summed E-state index contributed by atoms with van der Waals surface area (Å²) in [4.78, 5) is 0. The van der Waals surface area contributed by atoms with Gasteiger partial charge < -0.3 is 5.32 Å². The van der Waals surface area contributed by atoms with Gasteiger partial charge in [0.25, 0.3) is 0 Å². The predicted octanol–water partition coefficient (Wildman–Crippen LogP) is 3.04. The number of hydrogen-bond donors (Lipinski definition) is 1. The summed E-state index contributed by atoms with van der Waals surface area (Å²) in [5.74, 6) is 0.368. The molecule has 3 aromatic rings. The van der Waals surface area contributed by atoms with E-state index < -0.39 is 0 Å². The Hall–Kier alpha value is -2.44. The van der Waals surface area contributed by atoms with Gasteiger partial charge in [0.2, 0.25) is 5.65 Å². The molecule has 0 radical (unpaired) electrons. The number of nitrogens with zero attached hydrogens (tertiary/aromatic N) is 6. The molecule has 1 saturated carbocycles. The lowest BCUT2D eigenvalue weighted by Crippen LogP contribution is -2.28. The van der Waals surface area contributed by atoms with Crippen molar-refractivity contribution in [2.24, 2.45) is 0 Å². The van der Waals surface area contributed by atoms with Gasteiger partial charge >= 0.3 is 0 Å². The Labute approximate surface area is 141 Å². The van der Waals surface area contributed by atoms with Gasteiger partial charge in [0, 0.05) is 18.4 Å².